The maximum atomic E-state index is 12.7. The van der Waals surface area contributed by atoms with Gasteiger partial charge in [0, 0.05) is 18.3 Å². The molecule has 1 heterocycles. The molecule has 0 spiro atoms. The smallest absolute Gasteiger partial charge is 0.293 e. The molecule has 134 valence electrons. The quantitative estimate of drug-likeness (QED) is 0.633. The van der Waals surface area contributed by atoms with Crippen molar-refractivity contribution >= 4 is 29.7 Å². The van der Waals surface area contributed by atoms with Crippen molar-refractivity contribution in [2.75, 3.05) is 23.9 Å². The van der Waals surface area contributed by atoms with Crippen LogP contribution in [-0.2, 0) is 25.7 Å². The van der Waals surface area contributed by atoms with Gasteiger partial charge in [-0.05, 0) is 18.2 Å². The van der Waals surface area contributed by atoms with Crippen LogP contribution in [-0.4, -0.2) is 36.9 Å². The van der Waals surface area contributed by atoms with E-state index in [0.717, 1.165) is 5.69 Å². The van der Waals surface area contributed by atoms with Gasteiger partial charge in [-0.3, -0.25) is 24.4 Å². The highest BCUT2D eigenvalue weighted by molar-refractivity contribution is 6.08. The molecule has 1 saturated heterocycles. The van der Waals surface area contributed by atoms with Gasteiger partial charge in [0.25, 0.3) is 12.4 Å². The van der Waals surface area contributed by atoms with Crippen LogP contribution in [0.3, 0.4) is 0 Å². The summed E-state index contributed by atoms with van der Waals surface area (Å²) in [7, 11) is 1.65. The lowest BCUT2D eigenvalue weighted by molar-refractivity contribution is -0.135. The number of amides is 2. The summed E-state index contributed by atoms with van der Waals surface area (Å²) in [4.78, 5) is 35.6. The summed E-state index contributed by atoms with van der Waals surface area (Å²) >= 11 is 0. The first-order chi connectivity index (χ1) is 12.6. The predicted molar refractivity (Wildman–Crippen MR) is 96.0 cm³/mol. The Morgan fingerprint density at radius 2 is 1.88 bits per heavy atom. The normalized spacial score (nSPS) is 16.5. The van der Waals surface area contributed by atoms with Crippen LogP contribution >= 0.6 is 0 Å². The van der Waals surface area contributed by atoms with E-state index in [1.165, 1.54) is 5.01 Å². The third kappa shape index (κ3) is 3.51. The third-order valence-electron chi connectivity index (χ3n) is 4.29. The lowest BCUT2D eigenvalue weighted by atomic mass is 10.1. The van der Waals surface area contributed by atoms with E-state index in [4.69, 9.17) is 4.74 Å². The molecule has 0 aliphatic carbocycles. The average Bonchev–Trinajstić information content (AvgIpc) is 2.97. The van der Waals surface area contributed by atoms with Crippen LogP contribution in [0.15, 0.2) is 54.6 Å². The molecule has 1 unspecified atom stereocenters. The second-order valence-electron chi connectivity index (χ2n) is 5.89. The molecule has 0 radical (unpaired) electrons. The van der Waals surface area contributed by atoms with E-state index in [1.807, 2.05) is 30.3 Å². The van der Waals surface area contributed by atoms with Crippen molar-refractivity contribution in [1.29, 1.82) is 0 Å². The van der Waals surface area contributed by atoms with Crippen molar-refractivity contribution in [1.82, 2.24) is 5.01 Å². The number of rotatable bonds is 6. The number of hydrogen-bond acceptors (Lipinski definition) is 5. The number of carbonyl (C=O) groups excluding carboxylic acids is 3. The van der Waals surface area contributed by atoms with Gasteiger partial charge < -0.3 is 10.1 Å². The first-order valence-corrected chi connectivity index (χ1v) is 8.16. The van der Waals surface area contributed by atoms with Crippen LogP contribution < -0.4 is 10.3 Å². The molecule has 7 nitrogen and oxygen atoms in total. The standard InChI is InChI=1S/C19H19N3O4/c1-21-19(25)16(11-22(21)15-8-3-2-4-9-15)18(24)20-17-10-6-5-7-14(17)12-26-13-23/h2-10,13,16H,11-12H2,1H3,(H,20,24). The summed E-state index contributed by atoms with van der Waals surface area (Å²) in [6, 6.07) is 16.4. The Bertz CT molecular complexity index is 809. The largest absolute Gasteiger partial charge is 0.463 e. The van der Waals surface area contributed by atoms with Crippen LogP contribution in [0.4, 0.5) is 11.4 Å². The van der Waals surface area contributed by atoms with Gasteiger partial charge in [0.1, 0.15) is 12.5 Å². The highest BCUT2D eigenvalue weighted by atomic mass is 16.5. The molecule has 1 N–H and O–H groups in total. The molecule has 0 aromatic heterocycles. The fraction of sp³-hybridized carbons (Fsp3) is 0.211. The van der Waals surface area contributed by atoms with Gasteiger partial charge in [0.2, 0.25) is 5.91 Å². The zero-order valence-corrected chi connectivity index (χ0v) is 14.3. The second kappa shape index (κ2) is 7.69. The topological polar surface area (TPSA) is 79.0 Å². The van der Waals surface area contributed by atoms with Crippen molar-refractivity contribution in [3.63, 3.8) is 0 Å². The van der Waals surface area contributed by atoms with Gasteiger partial charge in [0.05, 0.1) is 12.2 Å². The molecule has 1 aliphatic heterocycles. The molecule has 0 bridgehead atoms. The van der Waals surface area contributed by atoms with Crippen molar-refractivity contribution in [2.24, 2.45) is 5.92 Å². The summed E-state index contributed by atoms with van der Waals surface area (Å²) in [6.45, 7) is 0.665. The van der Waals surface area contributed by atoms with Crippen LogP contribution in [0.25, 0.3) is 0 Å². The molecule has 1 fully saturated rings. The number of anilines is 2. The highest BCUT2D eigenvalue weighted by Gasteiger charge is 2.40. The number of carbonyl (C=O) groups is 3. The number of benzene rings is 2. The van der Waals surface area contributed by atoms with Gasteiger partial charge in [0.15, 0.2) is 0 Å². The fourth-order valence-electron chi connectivity index (χ4n) is 2.90. The van der Waals surface area contributed by atoms with Gasteiger partial charge in [-0.2, -0.15) is 0 Å². The first-order valence-electron chi connectivity index (χ1n) is 8.16. The Morgan fingerprint density at radius 1 is 1.19 bits per heavy atom. The molecule has 2 aromatic rings. The van der Waals surface area contributed by atoms with Gasteiger partial charge in [-0.1, -0.05) is 36.4 Å². The van der Waals surface area contributed by atoms with Gasteiger partial charge in [-0.25, -0.2) is 0 Å². The summed E-state index contributed by atoms with van der Waals surface area (Å²) in [5, 5.41) is 6.01. The number of ether oxygens (including phenoxy) is 1. The number of nitrogens with zero attached hydrogens (tertiary/aromatic N) is 2. The first kappa shape index (κ1) is 17.5. The molecular weight excluding hydrogens is 334 g/mol. The minimum absolute atomic E-state index is 0.0502. The molecule has 7 heteroatoms. The van der Waals surface area contributed by atoms with E-state index in [9.17, 15) is 14.4 Å². The van der Waals surface area contributed by atoms with Crippen molar-refractivity contribution in [3.8, 4) is 0 Å². The highest BCUT2D eigenvalue weighted by Crippen LogP contribution is 2.26. The molecule has 2 aromatic carbocycles. The zero-order chi connectivity index (χ0) is 18.5. The second-order valence-corrected chi connectivity index (χ2v) is 5.89. The maximum Gasteiger partial charge on any atom is 0.293 e. The van der Waals surface area contributed by atoms with E-state index in [1.54, 1.807) is 36.3 Å². The molecule has 26 heavy (non-hydrogen) atoms. The summed E-state index contributed by atoms with van der Waals surface area (Å²) in [5.41, 5.74) is 2.03. The number of hydrazine groups is 1. The fourth-order valence-corrected chi connectivity index (χ4v) is 2.90. The zero-order valence-electron chi connectivity index (χ0n) is 14.3. The number of para-hydroxylation sites is 2. The lowest BCUT2D eigenvalue weighted by Gasteiger charge is -2.25. The number of hydrogen-bond donors (Lipinski definition) is 1. The van der Waals surface area contributed by atoms with E-state index < -0.39 is 5.92 Å². The maximum absolute atomic E-state index is 12.7. The van der Waals surface area contributed by atoms with Crippen LogP contribution in [0, 0.1) is 5.92 Å². The van der Waals surface area contributed by atoms with Crippen LogP contribution in [0.2, 0.25) is 0 Å². The predicted octanol–water partition coefficient (Wildman–Crippen LogP) is 1.81. The molecule has 0 saturated carbocycles. The number of nitrogens with one attached hydrogen (secondary N) is 1. The van der Waals surface area contributed by atoms with E-state index >= 15 is 0 Å². The third-order valence-corrected chi connectivity index (χ3v) is 4.29. The Balaban J connectivity index is 1.75. The minimum atomic E-state index is -0.819. The van der Waals surface area contributed by atoms with Crippen molar-refractivity contribution < 1.29 is 19.1 Å². The Kier molecular flexibility index (Phi) is 5.17. The van der Waals surface area contributed by atoms with Crippen molar-refractivity contribution in [3.05, 3.63) is 60.2 Å². The van der Waals surface area contributed by atoms with E-state index in [-0.39, 0.29) is 25.0 Å². The van der Waals surface area contributed by atoms with Crippen molar-refractivity contribution in [2.45, 2.75) is 6.61 Å². The SMILES string of the molecule is CN1C(=O)C(C(=O)Nc2ccccc2COC=O)CN1c1ccccc1. The molecular formula is C19H19N3O4. The van der Waals surface area contributed by atoms with E-state index in [2.05, 4.69) is 5.32 Å². The Labute approximate surface area is 151 Å². The summed E-state index contributed by atoms with van der Waals surface area (Å²) in [6.07, 6.45) is 0. The molecule has 3 rings (SSSR count). The van der Waals surface area contributed by atoms with E-state index in [0.29, 0.717) is 17.7 Å². The Morgan fingerprint density at radius 3 is 2.62 bits per heavy atom. The molecule has 1 aliphatic rings. The Hall–Kier alpha value is -3.35. The monoisotopic (exact) mass is 353 g/mol. The van der Waals surface area contributed by atoms with Gasteiger partial charge >= 0.3 is 0 Å². The summed E-state index contributed by atoms with van der Waals surface area (Å²) in [5.74, 6) is -1.48. The van der Waals surface area contributed by atoms with Crippen LogP contribution in [0.1, 0.15) is 5.56 Å². The molecule has 2 amide bonds. The average molecular weight is 353 g/mol. The lowest BCUT2D eigenvalue weighted by Crippen LogP contribution is -2.35. The van der Waals surface area contributed by atoms with Gasteiger partial charge in [-0.15, -0.1) is 0 Å². The van der Waals surface area contributed by atoms with Crippen LogP contribution in [0.5, 0.6) is 0 Å². The molecule has 1 atom stereocenters. The minimum Gasteiger partial charge on any atom is -0.463 e. The summed E-state index contributed by atoms with van der Waals surface area (Å²) < 4.78 is 4.77.